The van der Waals surface area contributed by atoms with E-state index in [1.807, 2.05) is 0 Å². The molecule has 1 saturated heterocycles. The number of nitrogens with two attached hydrogens (primary N) is 1. The monoisotopic (exact) mass is 240 g/mol. The zero-order valence-corrected chi connectivity index (χ0v) is 11.7. The maximum absolute atomic E-state index is 11.6. The maximum atomic E-state index is 11.6. The summed E-state index contributed by atoms with van der Waals surface area (Å²) < 4.78 is 0. The van der Waals surface area contributed by atoms with E-state index in [9.17, 15) is 4.79 Å². The SMILES string of the molecule is CC(C)CCCC1NC(C)CC(C)C1C(N)=O. The van der Waals surface area contributed by atoms with Crippen molar-refractivity contribution in [1.29, 1.82) is 0 Å². The molecule has 17 heavy (non-hydrogen) atoms. The zero-order chi connectivity index (χ0) is 13.0. The van der Waals surface area contributed by atoms with E-state index in [-0.39, 0.29) is 17.9 Å². The van der Waals surface area contributed by atoms with E-state index in [2.05, 4.69) is 33.0 Å². The summed E-state index contributed by atoms with van der Waals surface area (Å²) in [7, 11) is 0. The Balaban J connectivity index is 2.54. The molecule has 1 heterocycles. The summed E-state index contributed by atoms with van der Waals surface area (Å²) in [6.45, 7) is 8.83. The predicted molar refractivity (Wildman–Crippen MR) is 71.5 cm³/mol. The van der Waals surface area contributed by atoms with Gasteiger partial charge in [-0.25, -0.2) is 0 Å². The minimum atomic E-state index is -0.133. The van der Waals surface area contributed by atoms with Crippen LogP contribution in [0, 0.1) is 17.8 Å². The number of carbonyl (C=O) groups is 1. The number of rotatable bonds is 5. The van der Waals surface area contributed by atoms with Crippen LogP contribution in [0.4, 0.5) is 0 Å². The average Bonchev–Trinajstić information content (AvgIpc) is 2.14. The second-order valence-electron chi connectivity index (χ2n) is 6.14. The minimum Gasteiger partial charge on any atom is -0.369 e. The molecule has 0 aromatic rings. The molecule has 3 N–H and O–H groups in total. The van der Waals surface area contributed by atoms with Gasteiger partial charge in [-0.3, -0.25) is 4.79 Å². The normalized spacial score (nSPS) is 33.9. The number of primary amides is 1. The van der Waals surface area contributed by atoms with Crippen molar-refractivity contribution in [3.63, 3.8) is 0 Å². The fourth-order valence-corrected chi connectivity index (χ4v) is 3.13. The number of hydrogen-bond acceptors (Lipinski definition) is 2. The van der Waals surface area contributed by atoms with Crippen molar-refractivity contribution >= 4 is 5.91 Å². The van der Waals surface area contributed by atoms with Crippen LogP contribution < -0.4 is 11.1 Å². The van der Waals surface area contributed by atoms with Gasteiger partial charge >= 0.3 is 0 Å². The van der Waals surface area contributed by atoms with Crippen molar-refractivity contribution in [2.75, 3.05) is 0 Å². The van der Waals surface area contributed by atoms with E-state index in [1.165, 1.54) is 12.8 Å². The van der Waals surface area contributed by atoms with Gasteiger partial charge in [0, 0.05) is 12.1 Å². The molecule has 0 bridgehead atoms. The largest absolute Gasteiger partial charge is 0.369 e. The summed E-state index contributed by atoms with van der Waals surface area (Å²) in [5.41, 5.74) is 5.55. The Kier molecular flexibility index (Phi) is 5.44. The predicted octanol–water partition coefficient (Wildman–Crippen LogP) is 2.30. The number of nitrogens with one attached hydrogen (secondary N) is 1. The van der Waals surface area contributed by atoms with Gasteiger partial charge in [0.15, 0.2) is 0 Å². The van der Waals surface area contributed by atoms with Gasteiger partial charge in [0.05, 0.1) is 5.92 Å². The number of hydrogen-bond donors (Lipinski definition) is 2. The van der Waals surface area contributed by atoms with Crippen LogP contribution in [0.2, 0.25) is 0 Å². The first-order valence-electron chi connectivity index (χ1n) is 6.97. The van der Waals surface area contributed by atoms with Crippen molar-refractivity contribution in [3.8, 4) is 0 Å². The van der Waals surface area contributed by atoms with Gasteiger partial charge < -0.3 is 11.1 Å². The molecule has 1 rings (SSSR count). The molecule has 3 nitrogen and oxygen atoms in total. The van der Waals surface area contributed by atoms with Gasteiger partial charge in [-0.05, 0) is 31.6 Å². The van der Waals surface area contributed by atoms with E-state index in [1.54, 1.807) is 0 Å². The lowest BCUT2D eigenvalue weighted by molar-refractivity contribution is -0.125. The summed E-state index contributed by atoms with van der Waals surface area (Å²) in [5, 5.41) is 3.55. The molecule has 0 aliphatic carbocycles. The quantitative estimate of drug-likeness (QED) is 0.774. The Bertz CT molecular complexity index is 253. The second-order valence-corrected chi connectivity index (χ2v) is 6.14. The molecule has 0 aromatic heterocycles. The molecule has 0 spiro atoms. The highest BCUT2D eigenvalue weighted by Crippen LogP contribution is 2.29. The van der Waals surface area contributed by atoms with E-state index in [0.717, 1.165) is 18.8 Å². The third-order valence-electron chi connectivity index (χ3n) is 3.90. The summed E-state index contributed by atoms with van der Waals surface area (Å²) in [4.78, 5) is 11.6. The second kappa shape index (κ2) is 6.39. The molecular weight excluding hydrogens is 212 g/mol. The van der Waals surface area contributed by atoms with Gasteiger partial charge in [-0.2, -0.15) is 0 Å². The Morgan fingerprint density at radius 3 is 2.59 bits per heavy atom. The summed E-state index contributed by atoms with van der Waals surface area (Å²) in [6, 6.07) is 0.787. The fourth-order valence-electron chi connectivity index (χ4n) is 3.13. The van der Waals surface area contributed by atoms with E-state index < -0.39 is 0 Å². The topological polar surface area (TPSA) is 55.1 Å². The highest BCUT2D eigenvalue weighted by Gasteiger charge is 2.36. The number of carbonyl (C=O) groups excluding carboxylic acids is 1. The van der Waals surface area contributed by atoms with Gasteiger partial charge in [0.2, 0.25) is 5.91 Å². The van der Waals surface area contributed by atoms with Crippen LogP contribution in [0.1, 0.15) is 53.4 Å². The average molecular weight is 240 g/mol. The zero-order valence-electron chi connectivity index (χ0n) is 11.7. The van der Waals surface area contributed by atoms with Crippen LogP contribution in [-0.4, -0.2) is 18.0 Å². The molecule has 1 aliphatic rings. The molecule has 0 radical (unpaired) electrons. The number of amides is 1. The number of piperidine rings is 1. The summed E-state index contributed by atoms with van der Waals surface area (Å²) in [5.74, 6) is 1.03. The van der Waals surface area contributed by atoms with Gasteiger partial charge in [-0.1, -0.05) is 33.6 Å². The molecular formula is C14H28N2O. The molecule has 4 unspecified atom stereocenters. The first-order valence-corrected chi connectivity index (χ1v) is 6.97. The molecule has 1 aliphatic heterocycles. The van der Waals surface area contributed by atoms with Crippen LogP contribution in [0.5, 0.6) is 0 Å². The first kappa shape index (κ1) is 14.5. The fraction of sp³-hybridized carbons (Fsp3) is 0.929. The molecule has 100 valence electrons. The van der Waals surface area contributed by atoms with Crippen molar-refractivity contribution in [2.45, 2.75) is 65.5 Å². The van der Waals surface area contributed by atoms with Crippen LogP contribution in [-0.2, 0) is 4.79 Å². The molecule has 1 amide bonds. The lowest BCUT2D eigenvalue weighted by Crippen LogP contribution is -2.54. The van der Waals surface area contributed by atoms with Gasteiger partial charge in [0.25, 0.3) is 0 Å². The Morgan fingerprint density at radius 1 is 1.41 bits per heavy atom. The maximum Gasteiger partial charge on any atom is 0.222 e. The summed E-state index contributed by atoms with van der Waals surface area (Å²) >= 11 is 0. The van der Waals surface area contributed by atoms with Crippen LogP contribution in [0.25, 0.3) is 0 Å². The van der Waals surface area contributed by atoms with Crippen LogP contribution in [0.15, 0.2) is 0 Å². The standard InChI is InChI=1S/C14H28N2O/c1-9(2)6-5-7-12-13(14(15)17)10(3)8-11(4)16-12/h9-13,16H,5-8H2,1-4H3,(H2,15,17). The van der Waals surface area contributed by atoms with E-state index in [0.29, 0.717) is 12.0 Å². The smallest absolute Gasteiger partial charge is 0.222 e. The molecule has 3 heteroatoms. The van der Waals surface area contributed by atoms with E-state index in [4.69, 9.17) is 5.73 Å². The first-order chi connectivity index (χ1) is 7.91. The van der Waals surface area contributed by atoms with Crippen molar-refractivity contribution in [3.05, 3.63) is 0 Å². The van der Waals surface area contributed by atoms with Gasteiger partial charge in [0.1, 0.15) is 0 Å². The van der Waals surface area contributed by atoms with Crippen LogP contribution in [0.3, 0.4) is 0 Å². The van der Waals surface area contributed by atoms with Crippen molar-refractivity contribution < 1.29 is 4.79 Å². The Hall–Kier alpha value is -0.570. The van der Waals surface area contributed by atoms with Gasteiger partial charge in [-0.15, -0.1) is 0 Å². The third kappa shape index (κ3) is 4.30. The van der Waals surface area contributed by atoms with Crippen LogP contribution >= 0.6 is 0 Å². The lowest BCUT2D eigenvalue weighted by Gasteiger charge is -2.39. The lowest BCUT2D eigenvalue weighted by atomic mass is 9.77. The minimum absolute atomic E-state index is 0.0124. The highest BCUT2D eigenvalue weighted by molar-refractivity contribution is 5.77. The highest BCUT2D eigenvalue weighted by atomic mass is 16.1. The Morgan fingerprint density at radius 2 is 2.06 bits per heavy atom. The molecule has 4 atom stereocenters. The summed E-state index contributed by atoms with van der Waals surface area (Å²) in [6.07, 6.45) is 4.53. The van der Waals surface area contributed by atoms with Crippen molar-refractivity contribution in [2.24, 2.45) is 23.5 Å². The molecule has 1 fully saturated rings. The van der Waals surface area contributed by atoms with Crippen molar-refractivity contribution in [1.82, 2.24) is 5.32 Å². The van der Waals surface area contributed by atoms with E-state index >= 15 is 0 Å². The molecule has 0 saturated carbocycles. The Labute approximate surface area is 106 Å². The third-order valence-corrected chi connectivity index (χ3v) is 3.90. The molecule has 0 aromatic carbocycles.